The number of nitrogens with one attached hydrogen (secondary N) is 2. The monoisotopic (exact) mass is 259 g/mol. The Labute approximate surface area is 109 Å². The number of aromatic nitrogens is 4. The van der Waals surface area contributed by atoms with E-state index in [2.05, 4.69) is 25.9 Å². The molecule has 2 aromatic rings. The molecule has 7 nitrogen and oxygen atoms in total. The van der Waals surface area contributed by atoms with Gasteiger partial charge in [-0.2, -0.15) is 5.21 Å². The van der Waals surface area contributed by atoms with Crippen LogP contribution in [0.15, 0.2) is 24.3 Å². The van der Waals surface area contributed by atoms with Gasteiger partial charge in [0, 0.05) is 6.42 Å². The van der Waals surface area contributed by atoms with Crippen molar-refractivity contribution < 1.29 is 9.53 Å². The van der Waals surface area contributed by atoms with Gasteiger partial charge in [0.2, 0.25) is 0 Å². The fraction of sp³-hybridized carbons (Fsp3) is 0.333. The van der Waals surface area contributed by atoms with Crippen LogP contribution in [0.1, 0.15) is 24.4 Å². The summed E-state index contributed by atoms with van der Waals surface area (Å²) < 4.78 is 5.61. The SMILES string of the molecule is CC(NC(=O)C1Cc2ccccc2O1)c1nn[nH]n1. The van der Waals surface area contributed by atoms with Crippen molar-refractivity contribution in [3.63, 3.8) is 0 Å². The zero-order chi connectivity index (χ0) is 13.2. The van der Waals surface area contributed by atoms with Gasteiger partial charge < -0.3 is 10.1 Å². The molecule has 0 aliphatic carbocycles. The number of fused-ring (bicyclic) bond motifs is 1. The smallest absolute Gasteiger partial charge is 0.262 e. The minimum absolute atomic E-state index is 0.173. The third kappa shape index (κ3) is 2.26. The van der Waals surface area contributed by atoms with E-state index in [1.54, 1.807) is 6.92 Å². The van der Waals surface area contributed by atoms with Gasteiger partial charge in [0.15, 0.2) is 11.9 Å². The van der Waals surface area contributed by atoms with Gasteiger partial charge >= 0.3 is 0 Å². The van der Waals surface area contributed by atoms with Crippen LogP contribution in [0.4, 0.5) is 0 Å². The molecule has 2 atom stereocenters. The van der Waals surface area contributed by atoms with Crippen LogP contribution >= 0.6 is 0 Å². The first-order valence-corrected chi connectivity index (χ1v) is 6.02. The lowest BCUT2D eigenvalue weighted by Gasteiger charge is -2.14. The highest BCUT2D eigenvalue weighted by molar-refractivity contribution is 5.82. The molecule has 2 unspecified atom stereocenters. The number of H-pyrrole nitrogens is 1. The zero-order valence-corrected chi connectivity index (χ0v) is 10.3. The third-order valence-corrected chi connectivity index (χ3v) is 3.05. The van der Waals surface area contributed by atoms with Gasteiger partial charge in [-0.3, -0.25) is 4.79 Å². The Kier molecular flexibility index (Phi) is 2.86. The zero-order valence-electron chi connectivity index (χ0n) is 10.3. The van der Waals surface area contributed by atoms with Gasteiger partial charge in [-0.1, -0.05) is 23.4 Å². The van der Waals surface area contributed by atoms with E-state index in [0.29, 0.717) is 12.2 Å². The molecule has 0 saturated heterocycles. The van der Waals surface area contributed by atoms with Gasteiger partial charge in [0.1, 0.15) is 5.75 Å². The number of rotatable bonds is 3. The second-order valence-electron chi connectivity index (χ2n) is 4.42. The van der Waals surface area contributed by atoms with Gasteiger partial charge in [0.05, 0.1) is 6.04 Å². The van der Waals surface area contributed by atoms with Crippen molar-refractivity contribution in [2.24, 2.45) is 0 Å². The Balaban J connectivity index is 1.64. The Hall–Kier alpha value is -2.44. The standard InChI is InChI=1S/C12H13N5O2/c1-7(11-14-16-17-15-11)13-12(18)10-6-8-4-2-3-5-9(8)19-10/h2-5,7,10H,6H2,1H3,(H,13,18)(H,14,15,16,17). The molecule has 1 aliphatic rings. The Morgan fingerprint density at radius 1 is 1.53 bits per heavy atom. The number of nitrogens with zero attached hydrogens (tertiary/aromatic N) is 3. The molecule has 0 fully saturated rings. The van der Waals surface area contributed by atoms with E-state index in [-0.39, 0.29) is 11.9 Å². The summed E-state index contributed by atoms with van der Waals surface area (Å²) in [7, 11) is 0. The Morgan fingerprint density at radius 3 is 3.11 bits per heavy atom. The van der Waals surface area contributed by atoms with Crippen molar-refractivity contribution in [2.45, 2.75) is 25.5 Å². The summed E-state index contributed by atoms with van der Waals surface area (Å²) in [5.74, 6) is 1.05. The van der Waals surface area contributed by atoms with Gasteiger partial charge in [0.25, 0.3) is 5.91 Å². The van der Waals surface area contributed by atoms with E-state index in [0.717, 1.165) is 11.3 Å². The molecule has 0 radical (unpaired) electrons. The molecule has 0 bridgehead atoms. The molecule has 1 aromatic heterocycles. The number of amides is 1. The highest BCUT2D eigenvalue weighted by atomic mass is 16.5. The number of tetrazole rings is 1. The van der Waals surface area contributed by atoms with Crippen LogP contribution in [-0.4, -0.2) is 32.6 Å². The quantitative estimate of drug-likeness (QED) is 0.831. The van der Waals surface area contributed by atoms with Crippen LogP contribution in [0.5, 0.6) is 5.75 Å². The van der Waals surface area contributed by atoms with E-state index in [4.69, 9.17) is 4.74 Å². The predicted molar refractivity (Wildman–Crippen MR) is 65.3 cm³/mol. The predicted octanol–water partition coefficient (Wildman–Crippen LogP) is 0.381. The van der Waals surface area contributed by atoms with Crippen molar-refractivity contribution >= 4 is 5.91 Å². The molecule has 19 heavy (non-hydrogen) atoms. The van der Waals surface area contributed by atoms with Crippen LogP contribution < -0.4 is 10.1 Å². The third-order valence-electron chi connectivity index (χ3n) is 3.05. The molecule has 0 spiro atoms. The van der Waals surface area contributed by atoms with Crippen molar-refractivity contribution in [2.75, 3.05) is 0 Å². The van der Waals surface area contributed by atoms with Crippen LogP contribution in [0.25, 0.3) is 0 Å². The first kappa shape index (κ1) is 11.6. The van der Waals surface area contributed by atoms with E-state index in [1.165, 1.54) is 0 Å². The van der Waals surface area contributed by atoms with E-state index in [9.17, 15) is 4.79 Å². The molecule has 3 rings (SSSR count). The molecule has 1 aromatic carbocycles. The van der Waals surface area contributed by atoms with Crippen LogP contribution in [-0.2, 0) is 11.2 Å². The number of para-hydroxylation sites is 1. The molecule has 0 saturated carbocycles. The van der Waals surface area contributed by atoms with Crippen LogP contribution in [0, 0.1) is 0 Å². The Bertz CT molecular complexity index is 559. The van der Waals surface area contributed by atoms with Gasteiger partial charge in [-0.05, 0) is 18.6 Å². The maximum Gasteiger partial charge on any atom is 0.262 e. The molecule has 1 aliphatic heterocycles. The molecule has 2 N–H and O–H groups in total. The van der Waals surface area contributed by atoms with Crippen molar-refractivity contribution in [3.05, 3.63) is 35.7 Å². The number of carbonyl (C=O) groups excluding carboxylic acids is 1. The second-order valence-corrected chi connectivity index (χ2v) is 4.42. The second kappa shape index (κ2) is 4.68. The van der Waals surface area contributed by atoms with E-state index >= 15 is 0 Å². The number of aromatic amines is 1. The average molecular weight is 259 g/mol. The lowest BCUT2D eigenvalue weighted by Crippen LogP contribution is -2.39. The Morgan fingerprint density at radius 2 is 2.37 bits per heavy atom. The maximum atomic E-state index is 12.1. The summed E-state index contributed by atoms with van der Waals surface area (Å²) in [6.07, 6.45) is 0.0905. The molecule has 2 heterocycles. The summed E-state index contributed by atoms with van der Waals surface area (Å²) in [5, 5.41) is 16.3. The van der Waals surface area contributed by atoms with Crippen LogP contribution in [0.2, 0.25) is 0 Å². The first-order valence-electron chi connectivity index (χ1n) is 6.02. The van der Waals surface area contributed by atoms with Crippen LogP contribution in [0.3, 0.4) is 0 Å². The average Bonchev–Trinajstić information content (AvgIpc) is 3.07. The summed E-state index contributed by atoms with van der Waals surface area (Å²) in [4.78, 5) is 12.1. The lowest BCUT2D eigenvalue weighted by molar-refractivity contribution is -0.127. The summed E-state index contributed by atoms with van der Waals surface area (Å²) >= 11 is 0. The number of hydrogen-bond donors (Lipinski definition) is 2. The number of carbonyl (C=O) groups is 1. The van der Waals surface area contributed by atoms with E-state index < -0.39 is 6.10 Å². The van der Waals surface area contributed by atoms with Gasteiger partial charge in [-0.25, -0.2) is 0 Å². The van der Waals surface area contributed by atoms with E-state index in [1.807, 2.05) is 24.3 Å². The summed E-state index contributed by atoms with van der Waals surface area (Å²) in [5.41, 5.74) is 1.05. The summed E-state index contributed by atoms with van der Waals surface area (Å²) in [6, 6.07) is 7.35. The highest BCUT2D eigenvalue weighted by Gasteiger charge is 2.30. The molecule has 7 heteroatoms. The number of hydrogen-bond acceptors (Lipinski definition) is 5. The first-order chi connectivity index (χ1) is 9.24. The number of ether oxygens (including phenoxy) is 1. The minimum Gasteiger partial charge on any atom is -0.480 e. The molecular weight excluding hydrogens is 246 g/mol. The fourth-order valence-electron chi connectivity index (χ4n) is 2.05. The fourth-order valence-corrected chi connectivity index (χ4v) is 2.05. The highest BCUT2D eigenvalue weighted by Crippen LogP contribution is 2.28. The van der Waals surface area contributed by atoms with Gasteiger partial charge in [-0.15, -0.1) is 10.2 Å². The maximum absolute atomic E-state index is 12.1. The van der Waals surface area contributed by atoms with Crippen molar-refractivity contribution in [1.82, 2.24) is 25.9 Å². The largest absolute Gasteiger partial charge is 0.480 e. The number of benzene rings is 1. The van der Waals surface area contributed by atoms with Crippen molar-refractivity contribution in [1.29, 1.82) is 0 Å². The molecule has 1 amide bonds. The molecular formula is C12H13N5O2. The molecule has 98 valence electrons. The van der Waals surface area contributed by atoms with Crippen molar-refractivity contribution in [3.8, 4) is 5.75 Å². The minimum atomic E-state index is -0.494. The normalized spacial score (nSPS) is 18.5. The summed E-state index contributed by atoms with van der Waals surface area (Å²) in [6.45, 7) is 1.80. The lowest BCUT2D eigenvalue weighted by atomic mass is 10.1. The topological polar surface area (TPSA) is 92.8 Å².